The Hall–Kier alpha value is -3.65. The first kappa shape index (κ1) is 21.6. The van der Waals surface area contributed by atoms with Gasteiger partial charge < -0.3 is 21.1 Å². The molecule has 8 heteroatoms. The Morgan fingerprint density at radius 2 is 1.56 bits per heavy atom. The Bertz CT molecular complexity index is 1070. The molecule has 1 aliphatic heterocycles. The van der Waals surface area contributed by atoms with Gasteiger partial charge >= 0.3 is 5.97 Å². The topological polar surface area (TPSA) is 116 Å². The molecule has 2 aromatic carbocycles. The Kier molecular flexibility index (Phi) is 6.23. The molecule has 0 radical (unpaired) electrons. The summed E-state index contributed by atoms with van der Waals surface area (Å²) in [7, 11) is 0. The lowest BCUT2D eigenvalue weighted by atomic mass is 9.90. The van der Waals surface area contributed by atoms with Crippen LogP contribution in [0, 0.1) is 0 Å². The molecule has 8 nitrogen and oxygen atoms in total. The first-order valence-corrected chi connectivity index (χ1v) is 10.7. The van der Waals surface area contributed by atoms with Gasteiger partial charge in [0.15, 0.2) is 0 Å². The van der Waals surface area contributed by atoms with Crippen molar-refractivity contribution in [3.8, 4) is 0 Å². The number of carbonyl (C=O) groups is 3. The van der Waals surface area contributed by atoms with Crippen molar-refractivity contribution in [3.05, 3.63) is 76.6 Å². The van der Waals surface area contributed by atoms with Gasteiger partial charge in [0.25, 0.3) is 0 Å². The molecule has 1 aliphatic carbocycles. The Labute approximate surface area is 186 Å². The number of aromatic carboxylic acids is 1. The fourth-order valence-corrected chi connectivity index (χ4v) is 4.13. The van der Waals surface area contributed by atoms with Gasteiger partial charge in [0, 0.05) is 49.5 Å². The number of carboxylic acids is 1. The van der Waals surface area contributed by atoms with Crippen LogP contribution in [-0.2, 0) is 0 Å². The summed E-state index contributed by atoms with van der Waals surface area (Å²) in [5, 5.41) is 12.1. The fourth-order valence-electron chi connectivity index (χ4n) is 4.13. The number of ketones is 2. The molecule has 0 unspecified atom stereocenters. The highest BCUT2D eigenvalue weighted by Crippen LogP contribution is 2.22. The minimum Gasteiger partial charge on any atom is -0.478 e. The molecule has 0 aromatic heterocycles. The summed E-state index contributed by atoms with van der Waals surface area (Å²) in [4.78, 5) is 40.7. The molecule has 4 N–H and O–H groups in total. The highest BCUT2D eigenvalue weighted by atomic mass is 16.4. The molecular formula is C24H26N4O4. The number of anilines is 1. The van der Waals surface area contributed by atoms with E-state index in [0.717, 1.165) is 44.8 Å². The van der Waals surface area contributed by atoms with Crippen LogP contribution in [0.1, 0.15) is 37.5 Å². The Balaban J connectivity index is 1.24. The maximum atomic E-state index is 12.7. The SMILES string of the molecule is NC1=C(NCCCN2CCN(c3ccc(C(=O)O)cc3)CC2)C(=O)c2ccccc2C1=O. The highest BCUT2D eigenvalue weighted by molar-refractivity contribution is 6.26. The number of carbonyl (C=O) groups excluding carboxylic acids is 2. The number of piperazine rings is 1. The Morgan fingerprint density at radius 3 is 2.19 bits per heavy atom. The lowest BCUT2D eigenvalue weighted by Crippen LogP contribution is -2.47. The van der Waals surface area contributed by atoms with Crippen LogP contribution in [0.4, 0.5) is 5.69 Å². The van der Waals surface area contributed by atoms with Crippen molar-refractivity contribution >= 4 is 23.2 Å². The largest absolute Gasteiger partial charge is 0.478 e. The van der Waals surface area contributed by atoms with Gasteiger partial charge in [-0.15, -0.1) is 0 Å². The van der Waals surface area contributed by atoms with E-state index in [-0.39, 0.29) is 28.5 Å². The highest BCUT2D eigenvalue weighted by Gasteiger charge is 2.30. The second kappa shape index (κ2) is 9.23. The van der Waals surface area contributed by atoms with E-state index in [1.807, 2.05) is 12.1 Å². The second-order valence-electron chi connectivity index (χ2n) is 7.95. The van der Waals surface area contributed by atoms with Gasteiger partial charge in [0.1, 0.15) is 11.4 Å². The van der Waals surface area contributed by atoms with E-state index in [1.165, 1.54) is 0 Å². The predicted octanol–water partition coefficient (Wildman–Crippen LogP) is 1.74. The van der Waals surface area contributed by atoms with Gasteiger partial charge in [0.2, 0.25) is 11.6 Å². The minimum atomic E-state index is -0.920. The Morgan fingerprint density at radius 1 is 0.938 bits per heavy atom. The zero-order valence-corrected chi connectivity index (χ0v) is 17.7. The number of allylic oxidation sites excluding steroid dienone is 2. The van der Waals surface area contributed by atoms with Gasteiger partial charge in [-0.25, -0.2) is 4.79 Å². The van der Waals surface area contributed by atoms with Crippen molar-refractivity contribution in [1.29, 1.82) is 0 Å². The minimum absolute atomic E-state index is 0.0174. The van der Waals surface area contributed by atoms with Crippen LogP contribution >= 0.6 is 0 Å². The van der Waals surface area contributed by atoms with Crippen LogP contribution in [0.3, 0.4) is 0 Å². The number of fused-ring (bicyclic) bond motifs is 1. The van der Waals surface area contributed by atoms with E-state index in [9.17, 15) is 14.4 Å². The molecule has 4 rings (SSSR count). The second-order valence-corrected chi connectivity index (χ2v) is 7.95. The fraction of sp³-hybridized carbons (Fsp3) is 0.292. The number of nitrogens with zero attached hydrogens (tertiary/aromatic N) is 2. The molecule has 2 aliphatic rings. The molecule has 0 amide bonds. The quantitative estimate of drug-likeness (QED) is 0.565. The van der Waals surface area contributed by atoms with Gasteiger partial charge in [-0.3, -0.25) is 14.5 Å². The molecule has 1 saturated heterocycles. The molecular weight excluding hydrogens is 408 g/mol. The van der Waals surface area contributed by atoms with E-state index < -0.39 is 5.97 Å². The predicted molar refractivity (Wildman–Crippen MR) is 121 cm³/mol. The molecule has 1 heterocycles. The van der Waals surface area contributed by atoms with Gasteiger partial charge in [0.05, 0.1) is 5.56 Å². The third kappa shape index (κ3) is 4.36. The summed E-state index contributed by atoms with van der Waals surface area (Å²) in [6.45, 7) is 4.94. The van der Waals surface area contributed by atoms with Gasteiger partial charge in [-0.05, 0) is 37.2 Å². The smallest absolute Gasteiger partial charge is 0.335 e. The summed E-state index contributed by atoms with van der Waals surface area (Å²) < 4.78 is 0. The van der Waals surface area contributed by atoms with Crippen molar-refractivity contribution in [3.63, 3.8) is 0 Å². The first-order chi connectivity index (χ1) is 15.5. The molecule has 166 valence electrons. The zero-order chi connectivity index (χ0) is 22.7. The van der Waals surface area contributed by atoms with E-state index in [2.05, 4.69) is 15.1 Å². The summed E-state index contributed by atoms with van der Waals surface area (Å²) >= 11 is 0. The van der Waals surface area contributed by atoms with Crippen LogP contribution in [-0.4, -0.2) is 66.8 Å². The lowest BCUT2D eigenvalue weighted by molar-refractivity contribution is 0.0696. The standard InChI is InChI=1S/C24H26N4O4/c25-20-21(23(30)19-5-2-1-4-18(19)22(20)29)26-10-3-11-27-12-14-28(15-13-27)17-8-6-16(7-9-17)24(31)32/h1-2,4-9,26H,3,10-15,25H2,(H,31,32). The molecule has 1 fully saturated rings. The molecule has 32 heavy (non-hydrogen) atoms. The number of rotatable bonds is 7. The molecule has 0 spiro atoms. The van der Waals surface area contributed by atoms with Crippen LogP contribution in [0.25, 0.3) is 0 Å². The van der Waals surface area contributed by atoms with Crippen molar-refractivity contribution in [2.24, 2.45) is 5.73 Å². The van der Waals surface area contributed by atoms with Gasteiger partial charge in [-0.1, -0.05) is 24.3 Å². The molecule has 2 aromatic rings. The number of Topliss-reactive ketones (excluding diaryl/α,β-unsaturated/α-hetero) is 2. The van der Waals surface area contributed by atoms with E-state index in [4.69, 9.17) is 10.8 Å². The number of benzene rings is 2. The van der Waals surface area contributed by atoms with Crippen LogP contribution in [0.15, 0.2) is 59.9 Å². The lowest BCUT2D eigenvalue weighted by Gasteiger charge is -2.36. The van der Waals surface area contributed by atoms with E-state index in [0.29, 0.717) is 17.7 Å². The van der Waals surface area contributed by atoms with Crippen LogP contribution in [0.2, 0.25) is 0 Å². The first-order valence-electron chi connectivity index (χ1n) is 10.7. The van der Waals surface area contributed by atoms with Crippen molar-refractivity contribution in [2.45, 2.75) is 6.42 Å². The average molecular weight is 434 g/mol. The van der Waals surface area contributed by atoms with Crippen LogP contribution < -0.4 is 16.0 Å². The summed E-state index contributed by atoms with van der Waals surface area (Å²) in [6.07, 6.45) is 0.813. The number of carboxylic acid groups (broad SMARTS) is 1. The third-order valence-electron chi connectivity index (χ3n) is 5.96. The monoisotopic (exact) mass is 434 g/mol. The van der Waals surface area contributed by atoms with Crippen molar-refractivity contribution in [2.75, 3.05) is 44.2 Å². The van der Waals surface area contributed by atoms with Crippen LogP contribution in [0.5, 0.6) is 0 Å². The van der Waals surface area contributed by atoms with Gasteiger partial charge in [-0.2, -0.15) is 0 Å². The maximum Gasteiger partial charge on any atom is 0.335 e. The number of nitrogens with two attached hydrogens (primary N) is 1. The maximum absolute atomic E-state index is 12.7. The zero-order valence-electron chi connectivity index (χ0n) is 17.7. The average Bonchev–Trinajstić information content (AvgIpc) is 2.82. The summed E-state index contributed by atoms with van der Waals surface area (Å²) in [6, 6.07) is 13.7. The summed E-state index contributed by atoms with van der Waals surface area (Å²) in [5.41, 5.74) is 8.19. The number of hydrogen-bond donors (Lipinski definition) is 3. The van der Waals surface area contributed by atoms with E-state index in [1.54, 1.807) is 36.4 Å². The summed E-state index contributed by atoms with van der Waals surface area (Å²) in [5.74, 6) is -1.47. The normalized spacial score (nSPS) is 16.8. The van der Waals surface area contributed by atoms with Crippen molar-refractivity contribution < 1.29 is 19.5 Å². The molecule has 0 saturated carbocycles. The number of hydrogen-bond acceptors (Lipinski definition) is 7. The molecule has 0 bridgehead atoms. The third-order valence-corrected chi connectivity index (χ3v) is 5.96. The molecule has 0 atom stereocenters. The van der Waals surface area contributed by atoms with Crippen molar-refractivity contribution in [1.82, 2.24) is 10.2 Å². The number of nitrogens with one attached hydrogen (secondary N) is 1. The van der Waals surface area contributed by atoms with E-state index >= 15 is 0 Å².